The van der Waals surface area contributed by atoms with E-state index in [0.29, 0.717) is 5.01 Å². The average Bonchev–Trinajstić information content (AvgIpc) is 2.57. The Morgan fingerprint density at radius 2 is 1.85 bits per heavy atom. The van der Waals surface area contributed by atoms with E-state index in [1.165, 1.54) is 0 Å². The highest BCUT2D eigenvalue weighted by molar-refractivity contribution is 6.29. The minimum Gasteiger partial charge on any atom is -0.465 e. The second-order valence-corrected chi connectivity index (χ2v) is 6.61. The first-order valence-electron chi connectivity index (χ1n) is 8.38. The van der Waals surface area contributed by atoms with Gasteiger partial charge in [0.15, 0.2) is 0 Å². The predicted octanol–water partition coefficient (Wildman–Crippen LogP) is 0.863. The molecule has 9 nitrogen and oxygen atoms in total. The minimum absolute atomic E-state index is 0.170. The number of nitrogens with one attached hydrogen (secondary N) is 2. The maximum Gasteiger partial charge on any atom is 0.405 e. The molecule has 0 saturated heterocycles. The number of rotatable bonds is 8. The van der Waals surface area contributed by atoms with Gasteiger partial charge in [-0.3, -0.25) is 19.8 Å². The Morgan fingerprint density at radius 1 is 1.23 bits per heavy atom. The van der Waals surface area contributed by atoms with E-state index in [1.807, 2.05) is 0 Å². The zero-order valence-electron chi connectivity index (χ0n) is 14.2. The second-order valence-electron chi connectivity index (χ2n) is 6.22. The summed E-state index contributed by atoms with van der Waals surface area (Å²) in [5.74, 6) is -2.69. The van der Waals surface area contributed by atoms with Gasteiger partial charge in [0, 0.05) is 6.42 Å². The van der Waals surface area contributed by atoms with Gasteiger partial charge < -0.3 is 16.2 Å². The standard InChI is InChI=1S/C15H24ClFN4O5/c16-12(17)14(24)21(7-6-11(18)22)20-13(23)10(19-15(25)26)8-9-4-2-1-3-5-9/h9-10,12,19H,1-8H2,(H2,18,22)(H,20,23)(H,25,26). The molecule has 1 rings (SSSR count). The van der Waals surface area contributed by atoms with Crippen LogP contribution in [0.5, 0.6) is 0 Å². The smallest absolute Gasteiger partial charge is 0.405 e. The zero-order valence-corrected chi connectivity index (χ0v) is 15.0. The number of carbonyl (C=O) groups is 4. The van der Waals surface area contributed by atoms with Gasteiger partial charge in [-0.25, -0.2) is 14.2 Å². The normalized spacial score (nSPS) is 17.0. The third-order valence-electron chi connectivity index (χ3n) is 4.19. The highest BCUT2D eigenvalue weighted by Crippen LogP contribution is 2.27. The lowest BCUT2D eigenvalue weighted by molar-refractivity contribution is -0.144. The highest BCUT2D eigenvalue weighted by Gasteiger charge is 2.30. The largest absolute Gasteiger partial charge is 0.465 e. The quantitative estimate of drug-likeness (QED) is 0.357. The molecule has 0 spiro atoms. The lowest BCUT2D eigenvalue weighted by Crippen LogP contribution is -2.56. The van der Waals surface area contributed by atoms with Crippen molar-refractivity contribution in [1.82, 2.24) is 15.8 Å². The monoisotopic (exact) mass is 394 g/mol. The topological polar surface area (TPSA) is 142 Å². The molecule has 0 radical (unpaired) electrons. The first kappa shape index (κ1) is 21.9. The molecule has 26 heavy (non-hydrogen) atoms. The number of alkyl halides is 2. The first-order valence-corrected chi connectivity index (χ1v) is 8.82. The average molecular weight is 395 g/mol. The van der Waals surface area contributed by atoms with Crippen molar-refractivity contribution in [3.05, 3.63) is 0 Å². The number of halogens is 2. The molecule has 0 bridgehead atoms. The van der Waals surface area contributed by atoms with Crippen molar-refractivity contribution in [2.75, 3.05) is 6.54 Å². The molecule has 4 amide bonds. The highest BCUT2D eigenvalue weighted by atomic mass is 35.5. The van der Waals surface area contributed by atoms with E-state index < -0.39 is 35.5 Å². The summed E-state index contributed by atoms with van der Waals surface area (Å²) in [5, 5.41) is 11.6. The van der Waals surface area contributed by atoms with Crippen LogP contribution in [0.25, 0.3) is 0 Å². The summed E-state index contributed by atoms with van der Waals surface area (Å²) in [5.41, 5.74) is 4.70. The first-order chi connectivity index (χ1) is 12.2. The molecule has 5 N–H and O–H groups in total. The van der Waals surface area contributed by atoms with Gasteiger partial charge in [0.2, 0.25) is 5.91 Å². The van der Waals surface area contributed by atoms with Gasteiger partial charge in [-0.05, 0) is 12.3 Å². The Kier molecular flexibility index (Phi) is 9.11. The van der Waals surface area contributed by atoms with Crippen LogP contribution in [0.4, 0.5) is 9.18 Å². The molecule has 148 valence electrons. The van der Waals surface area contributed by atoms with Crippen LogP contribution in [-0.4, -0.2) is 52.1 Å². The van der Waals surface area contributed by atoms with Crippen LogP contribution in [0.3, 0.4) is 0 Å². The van der Waals surface area contributed by atoms with Gasteiger partial charge in [0.25, 0.3) is 17.4 Å². The maximum absolute atomic E-state index is 13.1. The molecule has 0 heterocycles. The van der Waals surface area contributed by atoms with E-state index in [0.717, 1.165) is 32.1 Å². The number of hydrogen-bond acceptors (Lipinski definition) is 4. The third-order valence-corrected chi connectivity index (χ3v) is 4.37. The molecule has 1 saturated carbocycles. The van der Waals surface area contributed by atoms with E-state index in [9.17, 15) is 23.6 Å². The zero-order chi connectivity index (χ0) is 19.7. The van der Waals surface area contributed by atoms with E-state index in [2.05, 4.69) is 10.7 Å². The van der Waals surface area contributed by atoms with Crippen LogP contribution >= 0.6 is 11.6 Å². The van der Waals surface area contributed by atoms with Crippen molar-refractivity contribution in [1.29, 1.82) is 0 Å². The SMILES string of the molecule is NC(=O)CCN(NC(=O)C(CC1CCCCC1)NC(=O)O)C(=O)C(F)Cl. The lowest BCUT2D eigenvalue weighted by atomic mass is 9.84. The van der Waals surface area contributed by atoms with Gasteiger partial charge in [-0.1, -0.05) is 43.7 Å². The Hall–Kier alpha value is -2.10. The molecule has 1 aliphatic rings. The van der Waals surface area contributed by atoms with Crippen molar-refractivity contribution in [2.24, 2.45) is 11.7 Å². The van der Waals surface area contributed by atoms with Crippen LogP contribution in [0.1, 0.15) is 44.9 Å². The summed E-state index contributed by atoms with van der Waals surface area (Å²) < 4.78 is 13.1. The van der Waals surface area contributed by atoms with Gasteiger partial charge in [0.05, 0.1) is 6.54 Å². The molecule has 0 aromatic rings. The Bertz CT molecular complexity index is 528. The van der Waals surface area contributed by atoms with Gasteiger partial charge in [0.1, 0.15) is 6.04 Å². The van der Waals surface area contributed by atoms with Gasteiger partial charge in [-0.2, -0.15) is 0 Å². The summed E-state index contributed by atoms with van der Waals surface area (Å²) >= 11 is 5.11. The molecule has 1 aliphatic carbocycles. The Labute approximate surface area is 155 Å². The molecule has 2 atom stereocenters. The molecule has 0 aliphatic heterocycles. The number of primary amides is 1. The molecular formula is C15H24ClFN4O5. The Morgan fingerprint density at radius 3 is 2.35 bits per heavy atom. The van der Waals surface area contributed by atoms with E-state index in [1.54, 1.807) is 0 Å². The van der Waals surface area contributed by atoms with Crippen molar-refractivity contribution >= 4 is 35.4 Å². The number of carboxylic acid groups (broad SMARTS) is 1. The third kappa shape index (κ3) is 7.85. The number of amides is 4. The minimum atomic E-state index is -2.42. The summed E-state index contributed by atoms with van der Waals surface area (Å²) in [6.45, 7) is -0.379. The number of nitrogens with zero attached hydrogens (tertiary/aromatic N) is 1. The molecule has 11 heteroatoms. The molecule has 2 unspecified atom stereocenters. The predicted molar refractivity (Wildman–Crippen MR) is 90.6 cm³/mol. The van der Waals surface area contributed by atoms with Crippen LogP contribution < -0.4 is 16.5 Å². The molecule has 0 aromatic heterocycles. The summed E-state index contributed by atoms with van der Waals surface area (Å²) in [7, 11) is 0. The maximum atomic E-state index is 13.1. The van der Waals surface area contributed by atoms with Crippen LogP contribution in [0, 0.1) is 5.92 Å². The second kappa shape index (κ2) is 10.8. The van der Waals surface area contributed by atoms with Crippen molar-refractivity contribution < 1.29 is 28.7 Å². The van der Waals surface area contributed by atoms with Crippen molar-refractivity contribution in [3.8, 4) is 0 Å². The summed E-state index contributed by atoms with van der Waals surface area (Å²) in [6, 6.07) is -1.12. The van der Waals surface area contributed by atoms with Gasteiger partial charge >= 0.3 is 6.09 Å². The van der Waals surface area contributed by atoms with E-state index in [-0.39, 0.29) is 25.3 Å². The fourth-order valence-electron chi connectivity index (χ4n) is 2.91. The van der Waals surface area contributed by atoms with Crippen LogP contribution in [-0.2, 0) is 14.4 Å². The molecule has 1 fully saturated rings. The van der Waals surface area contributed by atoms with E-state index in [4.69, 9.17) is 22.4 Å². The summed E-state index contributed by atoms with van der Waals surface area (Å²) in [4.78, 5) is 46.0. The number of hydrogen-bond donors (Lipinski definition) is 4. The number of nitrogens with two attached hydrogens (primary N) is 1. The Balaban J connectivity index is 2.78. The number of carbonyl (C=O) groups excluding carboxylic acids is 3. The number of hydrazine groups is 1. The molecule has 0 aromatic carbocycles. The fraction of sp³-hybridized carbons (Fsp3) is 0.733. The molecular weight excluding hydrogens is 371 g/mol. The van der Waals surface area contributed by atoms with E-state index >= 15 is 0 Å². The fourth-order valence-corrected chi connectivity index (χ4v) is 3.03. The van der Waals surface area contributed by atoms with Crippen molar-refractivity contribution in [2.45, 2.75) is 56.6 Å². The lowest BCUT2D eigenvalue weighted by Gasteiger charge is -2.29. The summed E-state index contributed by atoms with van der Waals surface area (Å²) in [6.07, 6.45) is 3.41. The van der Waals surface area contributed by atoms with Crippen molar-refractivity contribution in [3.63, 3.8) is 0 Å². The van der Waals surface area contributed by atoms with Gasteiger partial charge in [-0.15, -0.1) is 0 Å². The van der Waals surface area contributed by atoms with Crippen LogP contribution in [0.2, 0.25) is 0 Å². The van der Waals surface area contributed by atoms with Crippen LogP contribution in [0.15, 0.2) is 0 Å².